The zero-order chi connectivity index (χ0) is 19.2. The molecule has 3 nitrogen and oxygen atoms in total. The summed E-state index contributed by atoms with van der Waals surface area (Å²) >= 11 is 5.85. The predicted molar refractivity (Wildman–Crippen MR) is 107 cm³/mol. The van der Waals surface area contributed by atoms with E-state index in [4.69, 9.17) is 21.1 Å². The van der Waals surface area contributed by atoms with Gasteiger partial charge in [-0.3, -0.25) is 0 Å². The van der Waals surface area contributed by atoms with Crippen molar-refractivity contribution >= 4 is 17.3 Å². The maximum Gasteiger partial charge on any atom is 0.166 e. The Balaban J connectivity index is 1.78. The first-order valence-electron chi connectivity index (χ1n) is 8.60. The Hall–Kier alpha value is -2.72. The van der Waals surface area contributed by atoms with Crippen molar-refractivity contribution < 1.29 is 13.9 Å². The molecule has 0 aromatic heterocycles. The van der Waals surface area contributed by atoms with Gasteiger partial charge in [-0.25, -0.2) is 4.39 Å². The van der Waals surface area contributed by atoms with Gasteiger partial charge in [0.15, 0.2) is 11.5 Å². The Morgan fingerprint density at radius 1 is 1.00 bits per heavy atom. The number of ether oxygens (including phenoxy) is 2. The molecular weight excluding hydrogens is 365 g/mol. The maximum absolute atomic E-state index is 13.3. The molecule has 0 fully saturated rings. The number of halogens is 2. The Morgan fingerprint density at radius 3 is 2.52 bits per heavy atom. The van der Waals surface area contributed by atoms with Crippen LogP contribution >= 0.6 is 11.6 Å². The van der Waals surface area contributed by atoms with Crippen LogP contribution in [0.4, 0.5) is 10.1 Å². The molecule has 0 heterocycles. The topological polar surface area (TPSA) is 30.5 Å². The fourth-order valence-corrected chi connectivity index (χ4v) is 2.93. The van der Waals surface area contributed by atoms with Gasteiger partial charge in [-0.05, 0) is 42.3 Å². The summed E-state index contributed by atoms with van der Waals surface area (Å²) in [6.07, 6.45) is 0. The molecule has 0 saturated carbocycles. The molecule has 3 rings (SSSR count). The highest BCUT2D eigenvalue weighted by Gasteiger charge is 2.12. The van der Waals surface area contributed by atoms with Crippen LogP contribution < -0.4 is 14.8 Å². The summed E-state index contributed by atoms with van der Waals surface area (Å²) in [5.41, 5.74) is 3.96. The monoisotopic (exact) mass is 385 g/mol. The van der Waals surface area contributed by atoms with Crippen molar-refractivity contribution in [2.75, 3.05) is 12.4 Å². The molecule has 0 aliphatic carbocycles. The van der Waals surface area contributed by atoms with Gasteiger partial charge in [-0.2, -0.15) is 0 Å². The van der Waals surface area contributed by atoms with Crippen LogP contribution in [0.25, 0.3) is 0 Å². The first kappa shape index (κ1) is 19.1. The van der Waals surface area contributed by atoms with Crippen LogP contribution in [0.3, 0.4) is 0 Å². The van der Waals surface area contributed by atoms with Crippen LogP contribution in [0.1, 0.15) is 16.7 Å². The van der Waals surface area contributed by atoms with Gasteiger partial charge in [0, 0.05) is 17.8 Å². The Kier molecular flexibility index (Phi) is 6.20. The van der Waals surface area contributed by atoms with Crippen molar-refractivity contribution in [1.82, 2.24) is 0 Å². The van der Waals surface area contributed by atoms with Gasteiger partial charge in [0.25, 0.3) is 0 Å². The van der Waals surface area contributed by atoms with E-state index in [9.17, 15) is 4.39 Å². The molecule has 0 spiro atoms. The highest BCUT2D eigenvalue weighted by Crippen LogP contribution is 2.33. The molecular formula is C22H21ClFNO2. The van der Waals surface area contributed by atoms with E-state index < -0.39 is 5.82 Å². The van der Waals surface area contributed by atoms with Crippen molar-refractivity contribution in [1.29, 1.82) is 0 Å². The van der Waals surface area contributed by atoms with Gasteiger partial charge in [0.1, 0.15) is 12.4 Å². The number of anilines is 1. The van der Waals surface area contributed by atoms with Gasteiger partial charge in [-0.15, -0.1) is 0 Å². The van der Waals surface area contributed by atoms with Gasteiger partial charge in [-0.1, -0.05) is 48.0 Å². The normalized spacial score (nSPS) is 10.5. The second-order valence-corrected chi connectivity index (χ2v) is 6.55. The van der Waals surface area contributed by atoms with Crippen molar-refractivity contribution in [3.05, 3.63) is 88.2 Å². The number of aryl methyl sites for hydroxylation is 1. The van der Waals surface area contributed by atoms with E-state index in [1.54, 1.807) is 19.2 Å². The number of methoxy groups -OCH3 is 1. The standard InChI is InChI=1S/C22H21ClFNO2/c1-15-6-3-4-7-17(15)14-27-22-16(8-5-9-21(22)26-2)13-25-18-10-11-20(24)19(23)12-18/h3-12,25H,13-14H2,1-2H3. The van der Waals surface area contributed by atoms with Crippen molar-refractivity contribution in [3.63, 3.8) is 0 Å². The molecule has 0 aliphatic heterocycles. The van der Waals surface area contributed by atoms with E-state index in [1.807, 2.05) is 36.4 Å². The van der Waals surface area contributed by atoms with Crippen molar-refractivity contribution in [3.8, 4) is 11.5 Å². The van der Waals surface area contributed by atoms with Crippen LogP contribution in [-0.2, 0) is 13.2 Å². The Morgan fingerprint density at radius 2 is 1.78 bits per heavy atom. The van der Waals surface area contributed by atoms with Crippen molar-refractivity contribution in [2.24, 2.45) is 0 Å². The molecule has 140 valence electrons. The van der Waals surface area contributed by atoms with Gasteiger partial charge < -0.3 is 14.8 Å². The fourth-order valence-electron chi connectivity index (χ4n) is 2.75. The second-order valence-electron chi connectivity index (χ2n) is 6.15. The Labute approximate surface area is 163 Å². The lowest BCUT2D eigenvalue weighted by atomic mass is 10.1. The lowest BCUT2D eigenvalue weighted by molar-refractivity contribution is 0.281. The van der Waals surface area contributed by atoms with Gasteiger partial charge >= 0.3 is 0 Å². The number of nitrogens with one attached hydrogen (secondary N) is 1. The third kappa shape index (κ3) is 4.72. The number of hydrogen-bond acceptors (Lipinski definition) is 3. The smallest absolute Gasteiger partial charge is 0.166 e. The zero-order valence-electron chi connectivity index (χ0n) is 15.3. The largest absolute Gasteiger partial charge is 0.493 e. The summed E-state index contributed by atoms with van der Waals surface area (Å²) in [4.78, 5) is 0. The van der Waals surface area contributed by atoms with Gasteiger partial charge in [0.05, 0.1) is 12.1 Å². The summed E-state index contributed by atoms with van der Waals surface area (Å²) in [6.45, 7) is 2.99. The summed E-state index contributed by atoms with van der Waals surface area (Å²) in [5.74, 6) is 0.912. The molecule has 1 N–H and O–H groups in total. The van der Waals surface area contributed by atoms with Crippen LogP contribution in [0.2, 0.25) is 5.02 Å². The van der Waals surface area contributed by atoms with Crippen LogP contribution in [-0.4, -0.2) is 7.11 Å². The predicted octanol–water partition coefficient (Wildman–Crippen LogP) is 5.99. The minimum Gasteiger partial charge on any atom is -0.493 e. The number of hydrogen-bond donors (Lipinski definition) is 1. The second kappa shape index (κ2) is 8.78. The van der Waals surface area contributed by atoms with Crippen LogP contribution in [0.15, 0.2) is 60.7 Å². The third-order valence-electron chi connectivity index (χ3n) is 4.32. The minimum absolute atomic E-state index is 0.0849. The summed E-state index contributed by atoms with van der Waals surface area (Å²) < 4.78 is 24.9. The molecule has 0 unspecified atom stereocenters. The molecule has 0 amide bonds. The third-order valence-corrected chi connectivity index (χ3v) is 4.61. The molecule has 0 radical (unpaired) electrons. The SMILES string of the molecule is COc1cccc(CNc2ccc(F)c(Cl)c2)c1OCc1ccccc1C. The number of para-hydroxylation sites is 1. The van der Waals surface area contributed by atoms with E-state index >= 15 is 0 Å². The van der Waals surface area contributed by atoms with E-state index in [0.717, 1.165) is 16.8 Å². The molecule has 0 saturated heterocycles. The number of rotatable bonds is 7. The summed E-state index contributed by atoms with van der Waals surface area (Å²) in [5, 5.41) is 3.33. The lowest BCUT2D eigenvalue weighted by Gasteiger charge is -2.17. The average Bonchev–Trinajstić information content (AvgIpc) is 2.68. The molecule has 0 bridgehead atoms. The lowest BCUT2D eigenvalue weighted by Crippen LogP contribution is -2.06. The Bertz CT molecular complexity index is 930. The van der Waals surface area contributed by atoms with E-state index in [0.29, 0.717) is 24.7 Å². The van der Waals surface area contributed by atoms with Crippen LogP contribution in [0, 0.1) is 12.7 Å². The van der Waals surface area contributed by atoms with Gasteiger partial charge in [0.2, 0.25) is 0 Å². The van der Waals surface area contributed by atoms with E-state index in [-0.39, 0.29) is 5.02 Å². The van der Waals surface area contributed by atoms with E-state index in [2.05, 4.69) is 18.3 Å². The molecule has 5 heteroatoms. The zero-order valence-corrected chi connectivity index (χ0v) is 16.0. The van der Waals surface area contributed by atoms with Crippen LogP contribution in [0.5, 0.6) is 11.5 Å². The minimum atomic E-state index is -0.439. The molecule has 3 aromatic rings. The molecule has 0 atom stereocenters. The first-order chi connectivity index (χ1) is 13.1. The first-order valence-corrected chi connectivity index (χ1v) is 8.98. The molecule has 27 heavy (non-hydrogen) atoms. The quantitative estimate of drug-likeness (QED) is 0.542. The molecule has 3 aromatic carbocycles. The highest BCUT2D eigenvalue weighted by atomic mass is 35.5. The number of benzene rings is 3. The van der Waals surface area contributed by atoms with E-state index in [1.165, 1.54) is 11.6 Å². The average molecular weight is 386 g/mol. The summed E-state index contributed by atoms with van der Waals surface area (Å²) in [6, 6.07) is 18.4. The summed E-state index contributed by atoms with van der Waals surface area (Å²) in [7, 11) is 1.62. The molecule has 0 aliphatic rings. The fraction of sp³-hybridized carbons (Fsp3) is 0.182. The highest BCUT2D eigenvalue weighted by molar-refractivity contribution is 6.31. The van der Waals surface area contributed by atoms with Crippen molar-refractivity contribution in [2.45, 2.75) is 20.1 Å². The maximum atomic E-state index is 13.3.